The Bertz CT molecular complexity index is 506. The van der Waals surface area contributed by atoms with Gasteiger partial charge in [-0.2, -0.15) is 0 Å². The quantitative estimate of drug-likeness (QED) is 0.874. The van der Waals surface area contributed by atoms with Crippen LogP contribution in [-0.4, -0.2) is 38.8 Å². The van der Waals surface area contributed by atoms with Crippen molar-refractivity contribution in [3.05, 3.63) is 18.7 Å². The third-order valence-electron chi connectivity index (χ3n) is 3.30. The lowest BCUT2D eigenvalue weighted by molar-refractivity contribution is 0.262. The van der Waals surface area contributed by atoms with E-state index in [1.807, 2.05) is 6.20 Å². The number of ether oxygens (including phenoxy) is 1. The fraction of sp³-hybridized carbons (Fsp3) is 0.583. The van der Waals surface area contributed by atoms with Gasteiger partial charge in [-0.25, -0.2) is 4.98 Å². The van der Waals surface area contributed by atoms with E-state index in [4.69, 9.17) is 4.74 Å². The molecule has 1 aliphatic heterocycles. The van der Waals surface area contributed by atoms with Crippen LogP contribution in [0.25, 0.3) is 5.65 Å². The molecule has 3 rings (SSSR count). The SMILES string of the molecule is c1cn2cnnc2c(OCCC2CCCCN2)n1. The van der Waals surface area contributed by atoms with E-state index in [2.05, 4.69) is 20.5 Å². The predicted molar refractivity (Wildman–Crippen MR) is 66.5 cm³/mol. The summed E-state index contributed by atoms with van der Waals surface area (Å²) in [5.41, 5.74) is 0.675. The van der Waals surface area contributed by atoms with Gasteiger partial charge in [-0.05, 0) is 25.8 Å². The molecule has 1 aliphatic rings. The average Bonchev–Trinajstić information content (AvgIpc) is 2.89. The number of piperidine rings is 1. The molecule has 6 heteroatoms. The molecular weight excluding hydrogens is 230 g/mol. The lowest BCUT2D eigenvalue weighted by Gasteiger charge is -2.23. The fourth-order valence-corrected chi connectivity index (χ4v) is 2.31. The normalized spacial score (nSPS) is 20.1. The van der Waals surface area contributed by atoms with E-state index in [0.717, 1.165) is 13.0 Å². The summed E-state index contributed by atoms with van der Waals surface area (Å²) in [7, 11) is 0. The maximum absolute atomic E-state index is 5.71. The third kappa shape index (κ3) is 2.43. The molecule has 1 saturated heterocycles. The van der Waals surface area contributed by atoms with E-state index in [1.165, 1.54) is 19.3 Å². The second-order valence-corrected chi connectivity index (χ2v) is 4.58. The predicted octanol–water partition coefficient (Wildman–Crippen LogP) is 1.04. The van der Waals surface area contributed by atoms with Crippen molar-refractivity contribution in [2.45, 2.75) is 31.7 Å². The molecule has 0 aliphatic carbocycles. The van der Waals surface area contributed by atoms with Crippen molar-refractivity contribution in [3.63, 3.8) is 0 Å². The molecule has 0 spiro atoms. The van der Waals surface area contributed by atoms with Gasteiger partial charge in [0.2, 0.25) is 5.65 Å². The van der Waals surface area contributed by atoms with Crippen molar-refractivity contribution < 1.29 is 4.74 Å². The van der Waals surface area contributed by atoms with E-state index >= 15 is 0 Å². The zero-order valence-electron chi connectivity index (χ0n) is 10.2. The Kier molecular flexibility index (Phi) is 3.36. The van der Waals surface area contributed by atoms with E-state index in [1.54, 1.807) is 16.9 Å². The standard InChI is InChI=1S/C12H17N5O/c1-2-5-13-10(3-1)4-8-18-12-11-16-15-9-17(11)7-6-14-12/h6-7,9-10,13H,1-5,8H2. The molecule has 1 unspecified atom stereocenters. The van der Waals surface area contributed by atoms with Crippen LogP contribution < -0.4 is 10.1 Å². The van der Waals surface area contributed by atoms with Gasteiger partial charge in [0.05, 0.1) is 6.61 Å². The Morgan fingerprint density at radius 3 is 3.33 bits per heavy atom. The molecule has 3 heterocycles. The van der Waals surface area contributed by atoms with Gasteiger partial charge < -0.3 is 10.1 Å². The van der Waals surface area contributed by atoms with Crippen LogP contribution in [0.3, 0.4) is 0 Å². The highest BCUT2D eigenvalue weighted by Crippen LogP contribution is 2.14. The highest BCUT2D eigenvalue weighted by Gasteiger charge is 2.13. The number of rotatable bonds is 4. The number of hydrogen-bond acceptors (Lipinski definition) is 5. The van der Waals surface area contributed by atoms with Crippen molar-refractivity contribution in [1.82, 2.24) is 24.9 Å². The molecule has 0 saturated carbocycles. The van der Waals surface area contributed by atoms with Crippen LogP contribution >= 0.6 is 0 Å². The summed E-state index contributed by atoms with van der Waals surface area (Å²) < 4.78 is 7.51. The summed E-state index contributed by atoms with van der Waals surface area (Å²) in [6, 6.07) is 0.580. The minimum atomic E-state index is 0.561. The largest absolute Gasteiger partial charge is 0.475 e. The van der Waals surface area contributed by atoms with Gasteiger partial charge in [-0.1, -0.05) is 6.42 Å². The van der Waals surface area contributed by atoms with Gasteiger partial charge in [0.25, 0.3) is 5.88 Å². The Hall–Kier alpha value is -1.69. The number of nitrogens with one attached hydrogen (secondary N) is 1. The molecule has 0 radical (unpaired) electrons. The van der Waals surface area contributed by atoms with Crippen LogP contribution in [0.15, 0.2) is 18.7 Å². The molecule has 0 amide bonds. The van der Waals surface area contributed by atoms with E-state index in [-0.39, 0.29) is 0 Å². The highest BCUT2D eigenvalue weighted by atomic mass is 16.5. The zero-order chi connectivity index (χ0) is 12.2. The minimum absolute atomic E-state index is 0.561. The van der Waals surface area contributed by atoms with Gasteiger partial charge in [0.15, 0.2) is 0 Å². The molecule has 0 bridgehead atoms. The molecule has 1 fully saturated rings. The summed E-state index contributed by atoms with van der Waals surface area (Å²) in [6.07, 6.45) is 10.0. The summed E-state index contributed by atoms with van der Waals surface area (Å²) in [6.45, 7) is 1.79. The van der Waals surface area contributed by atoms with Crippen LogP contribution in [-0.2, 0) is 0 Å². The highest BCUT2D eigenvalue weighted by molar-refractivity contribution is 5.47. The van der Waals surface area contributed by atoms with Gasteiger partial charge in [-0.3, -0.25) is 4.40 Å². The van der Waals surface area contributed by atoms with Crippen LogP contribution in [0.1, 0.15) is 25.7 Å². The van der Waals surface area contributed by atoms with Crippen molar-refractivity contribution in [2.24, 2.45) is 0 Å². The van der Waals surface area contributed by atoms with Gasteiger partial charge in [-0.15, -0.1) is 10.2 Å². The number of hydrogen-bond donors (Lipinski definition) is 1. The first kappa shape index (κ1) is 11.4. The maximum Gasteiger partial charge on any atom is 0.260 e. The van der Waals surface area contributed by atoms with Crippen molar-refractivity contribution in [2.75, 3.05) is 13.2 Å². The summed E-state index contributed by atoms with van der Waals surface area (Å²) in [5, 5.41) is 11.3. The molecule has 2 aromatic rings. The Balaban J connectivity index is 1.57. The van der Waals surface area contributed by atoms with Crippen molar-refractivity contribution in [3.8, 4) is 5.88 Å². The van der Waals surface area contributed by atoms with Crippen LogP contribution in [0, 0.1) is 0 Å². The molecule has 2 aromatic heterocycles. The van der Waals surface area contributed by atoms with Crippen LogP contribution in [0.2, 0.25) is 0 Å². The Labute approximate surface area is 105 Å². The summed E-state index contributed by atoms with van der Waals surface area (Å²) >= 11 is 0. The summed E-state index contributed by atoms with van der Waals surface area (Å²) in [5.74, 6) is 0.561. The number of aromatic nitrogens is 4. The fourth-order valence-electron chi connectivity index (χ4n) is 2.31. The topological polar surface area (TPSA) is 64.3 Å². The lowest BCUT2D eigenvalue weighted by atomic mass is 10.0. The first-order valence-electron chi connectivity index (χ1n) is 6.44. The van der Waals surface area contributed by atoms with Gasteiger partial charge in [0, 0.05) is 18.4 Å². The minimum Gasteiger partial charge on any atom is -0.475 e. The molecule has 1 atom stereocenters. The second kappa shape index (κ2) is 5.30. The second-order valence-electron chi connectivity index (χ2n) is 4.58. The zero-order valence-corrected chi connectivity index (χ0v) is 10.2. The van der Waals surface area contributed by atoms with E-state index in [0.29, 0.717) is 24.2 Å². The van der Waals surface area contributed by atoms with Gasteiger partial charge >= 0.3 is 0 Å². The van der Waals surface area contributed by atoms with E-state index in [9.17, 15) is 0 Å². The monoisotopic (exact) mass is 247 g/mol. The Morgan fingerprint density at radius 1 is 1.44 bits per heavy atom. The van der Waals surface area contributed by atoms with Crippen molar-refractivity contribution >= 4 is 5.65 Å². The van der Waals surface area contributed by atoms with E-state index < -0.39 is 0 Å². The Morgan fingerprint density at radius 2 is 2.44 bits per heavy atom. The molecule has 96 valence electrons. The number of fused-ring (bicyclic) bond motifs is 1. The first-order valence-corrected chi connectivity index (χ1v) is 6.44. The smallest absolute Gasteiger partial charge is 0.260 e. The first-order chi connectivity index (χ1) is 8.93. The summed E-state index contributed by atoms with van der Waals surface area (Å²) in [4.78, 5) is 4.20. The average molecular weight is 247 g/mol. The van der Waals surface area contributed by atoms with Crippen LogP contribution in [0.5, 0.6) is 5.88 Å². The third-order valence-corrected chi connectivity index (χ3v) is 3.30. The van der Waals surface area contributed by atoms with Crippen LogP contribution in [0.4, 0.5) is 0 Å². The molecule has 0 aromatic carbocycles. The molecular formula is C12H17N5O. The maximum atomic E-state index is 5.71. The van der Waals surface area contributed by atoms with Crippen molar-refractivity contribution in [1.29, 1.82) is 0 Å². The number of nitrogens with zero attached hydrogens (tertiary/aromatic N) is 4. The van der Waals surface area contributed by atoms with Gasteiger partial charge in [0.1, 0.15) is 6.33 Å². The molecule has 1 N–H and O–H groups in total. The molecule has 6 nitrogen and oxygen atoms in total. The molecule has 18 heavy (non-hydrogen) atoms. The lowest BCUT2D eigenvalue weighted by Crippen LogP contribution is -2.35.